The molecule has 1 aromatic carbocycles. The lowest BCUT2D eigenvalue weighted by atomic mass is 10.2. The Morgan fingerprint density at radius 2 is 2.04 bits per heavy atom. The number of benzene rings is 1. The maximum absolute atomic E-state index is 12.4. The Labute approximate surface area is 137 Å². The van der Waals surface area contributed by atoms with Gasteiger partial charge in [-0.25, -0.2) is 9.67 Å². The molecule has 0 saturated carbocycles. The summed E-state index contributed by atoms with van der Waals surface area (Å²) in [6.45, 7) is 0. The fourth-order valence-electron chi connectivity index (χ4n) is 1.97. The highest BCUT2D eigenvalue weighted by Crippen LogP contribution is 2.24. The van der Waals surface area contributed by atoms with E-state index in [2.05, 4.69) is 25.2 Å². The minimum atomic E-state index is -3.89. The van der Waals surface area contributed by atoms with Gasteiger partial charge in [-0.1, -0.05) is 23.7 Å². The molecule has 120 valence electrons. The molecular formula is C12H12ClN7O2S. The number of imidazole rings is 1. The molecule has 0 amide bonds. The van der Waals surface area contributed by atoms with Crippen LogP contribution < -0.4 is 4.72 Å². The number of rotatable bonds is 4. The Hall–Kier alpha value is -2.46. The second kappa shape index (κ2) is 5.63. The van der Waals surface area contributed by atoms with Crippen LogP contribution in [0, 0.1) is 0 Å². The van der Waals surface area contributed by atoms with Gasteiger partial charge in [0.1, 0.15) is 5.15 Å². The number of hydrogen-bond acceptors (Lipinski definition) is 6. The Kier molecular flexibility index (Phi) is 3.78. The first-order valence-corrected chi connectivity index (χ1v) is 8.27. The zero-order valence-electron chi connectivity index (χ0n) is 12.2. The molecular weight excluding hydrogens is 342 g/mol. The van der Waals surface area contributed by atoms with Crippen molar-refractivity contribution in [1.82, 2.24) is 29.8 Å². The molecule has 0 fully saturated rings. The molecule has 1 N–H and O–H groups in total. The topological polar surface area (TPSA) is 108 Å². The first kappa shape index (κ1) is 15.4. The highest BCUT2D eigenvalue weighted by atomic mass is 35.5. The van der Waals surface area contributed by atoms with Gasteiger partial charge < -0.3 is 4.57 Å². The van der Waals surface area contributed by atoms with Gasteiger partial charge in [-0.2, -0.15) is 8.42 Å². The predicted molar refractivity (Wildman–Crippen MR) is 83.3 cm³/mol. The van der Waals surface area contributed by atoms with Crippen LogP contribution in [-0.4, -0.2) is 38.2 Å². The molecule has 0 atom stereocenters. The fraction of sp³-hybridized carbons (Fsp3) is 0.167. The maximum Gasteiger partial charge on any atom is 0.282 e. The van der Waals surface area contributed by atoms with Gasteiger partial charge in [0.05, 0.1) is 6.33 Å². The molecule has 0 spiro atoms. The number of halogens is 1. The summed E-state index contributed by atoms with van der Waals surface area (Å²) in [7, 11) is -0.590. The van der Waals surface area contributed by atoms with E-state index in [0.717, 1.165) is 0 Å². The van der Waals surface area contributed by atoms with Gasteiger partial charge in [-0.3, -0.25) is 4.72 Å². The van der Waals surface area contributed by atoms with Crippen LogP contribution in [0.15, 0.2) is 35.6 Å². The van der Waals surface area contributed by atoms with Crippen LogP contribution in [0.2, 0.25) is 5.15 Å². The third-order valence-corrected chi connectivity index (χ3v) is 4.95. The van der Waals surface area contributed by atoms with Gasteiger partial charge >= 0.3 is 0 Å². The van der Waals surface area contributed by atoms with E-state index in [1.54, 1.807) is 38.4 Å². The number of aryl methyl sites for hydroxylation is 2. The Balaban J connectivity index is 1.95. The van der Waals surface area contributed by atoms with Crippen LogP contribution in [0.5, 0.6) is 0 Å². The number of nitrogens with one attached hydrogen (secondary N) is 1. The molecule has 0 aliphatic carbocycles. The van der Waals surface area contributed by atoms with E-state index in [1.165, 1.54) is 15.6 Å². The quantitative estimate of drug-likeness (QED) is 0.751. The van der Waals surface area contributed by atoms with Gasteiger partial charge in [0.2, 0.25) is 5.03 Å². The van der Waals surface area contributed by atoms with E-state index in [1.807, 2.05) is 0 Å². The summed E-state index contributed by atoms with van der Waals surface area (Å²) >= 11 is 5.94. The summed E-state index contributed by atoms with van der Waals surface area (Å²) in [5.41, 5.74) is 1.03. The van der Waals surface area contributed by atoms with Crippen LogP contribution in [-0.2, 0) is 24.1 Å². The molecule has 9 nitrogen and oxygen atoms in total. The average molecular weight is 354 g/mol. The third kappa shape index (κ3) is 2.90. The van der Waals surface area contributed by atoms with Crippen molar-refractivity contribution in [3.63, 3.8) is 0 Å². The molecule has 0 bridgehead atoms. The van der Waals surface area contributed by atoms with Crippen LogP contribution in [0.3, 0.4) is 0 Å². The molecule has 0 radical (unpaired) electrons. The van der Waals surface area contributed by atoms with Crippen molar-refractivity contribution in [1.29, 1.82) is 0 Å². The molecule has 11 heteroatoms. The Bertz CT molecular complexity index is 963. The van der Waals surface area contributed by atoms with Crippen LogP contribution in [0.1, 0.15) is 0 Å². The summed E-state index contributed by atoms with van der Waals surface area (Å²) in [4.78, 5) is 3.81. The summed E-state index contributed by atoms with van der Waals surface area (Å²) in [6, 6.07) is 6.71. The lowest BCUT2D eigenvalue weighted by Gasteiger charge is -2.08. The number of hydrogen-bond donors (Lipinski definition) is 1. The second-order valence-electron chi connectivity index (χ2n) is 4.76. The zero-order valence-corrected chi connectivity index (χ0v) is 13.7. The van der Waals surface area contributed by atoms with Crippen LogP contribution >= 0.6 is 11.6 Å². The molecule has 3 aromatic rings. The number of aromatic nitrogens is 6. The monoisotopic (exact) mass is 353 g/mol. The molecule has 2 heterocycles. The van der Waals surface area contributed by atoms with Crippen molar-refractivity contribution in [3.05, 3.63) is 35.7 Å². The maximum atomic E-state index is 12.4. The van der Waals surface area contributed by atoms with Crippen molar-refractivity contribution in [2.45, 2.75) is 5.03 Å². The van der Waals surface area contributed by atoms with Crippen molar-refractivity contribution in [2.75, 3.05) is 4.72 Å². The number of tetrazole rings is 1. The minimum absolute atomic E-state index is 0.0335. The highest BCUT2D eigenvalue weighted by molar-refractivity contribution is 7.92. The SMILES string of the molecule is Cn1cnc(S(=O)(=O)Nc2cccc(-c3nnnn3C)c2)c1Cl. The number of anilines is 1. The first-order chi connectivity index (χ1) is 10.9. The fourth-order valence-corrected chi connectivity index (χ4v) is 3.46. The summed E-state index contributed by atoms with van der Waals surface area (Å²) in [5, 5.41) is 11.0. The van der Waals surface area contributed by atoms with E-state index < -0.39 is 10.0 Å². The van der Waals surface area contributed by atoms with Gasteiger partial charge in [-0.05, 0) is 22.6 Å². The van der Waals surface area contributed by atoms with E-state index in [4.69, 9.17) is 11.6 Å². The predicted octanol–water partition coefficient (Wildman–Crippen LogP) is 1.06. The largest absolute Gasteiger partial charge is 0.324 e. The highest BCUT2D eigenvalue weighted by Gasteiger charge is 2.22. The van der Waals surface area contributed by atoms with Gasteiger partial charge in [0.15, 0.2) is 5.82 Å². The van der Waals surface area contributed by atoms with Crippen molar-refractivity contribution in [3.8, 4) is 11.4 Å². The van der Waals surface area contributed by atoms with Gasteiger partial charge in [-0.15, -0.1) is 5.10 Å². The molecule has 3 rings (SSSR count). The van der Waals surface area contributed by atoms with E-state index in [0.29, 0.717) is 17.1 Å². The summed E-state index contributed by atoms with van der Waals surface area (Å²) in [5.74, 6) is 0.516. The smallest absolute Gasteiger partial charge is 0.282 e. The molecule has 0 saturated heterocycles. The average Bonchev–Trinajstić information content (AvgIpc) is 3.06. The van der Waals surface area contributed by atoms with Gasteiger partial charge in [0.25, 0.3) is 10.0 Å². The lowest BCUT2D eigenvalue weighted by Crippen LogP contribution is -2.14. The third-order valence-electron chi connectivity index (χ3n) is 3.08. The molecule has 2 aromatic heterocycles. The zero-order chi connectivity index (χ0) is 16.6. The normalized spacial score (nSPS) is 11.6. The van der Waals surface area contributed by atoms with Crippen LogP contribution in [0.25, 0.3) is 11.4 Å². The van der Waals surface area contributed by atoms with Crippen molar-refractivity contribution >= 4 is 27.3 Å². The summed E-state index contributed by atoms with van der Waals surface area (Å²) in [6.07, 6.45) is 1.33. The number of sulfonamides is 1. The van der Waals surface area contributed by atoms with Gasteiger partial charge in [0, 0.05) is 25.3 Å². The summed E-state index contributed by atoms with van der Waals surface area (Å²) < 4.78 is 30.1. The standard InChI is InChI=1S/C12H12ClN7O2S/c1-19-7-14-12(10(19)13)23(21,22)16-9-5-3-4-8(6-9)11-15-17-18-20(11)2/h3-7,16H,1-2H3. The molecule has 23 heavy (non-hydrogen) atoms. The minimum Gasteiger partial charge on any atom is -0.324 e. The van der Waals surface area contributed by atoms with Crippen molar-refractivity contribution < 1.29 is 8.42 Å². The lowest BCUT2D eigenvalue weighted by molar-refractivity contribution is 0.598. The van der Waals surface area contributed by atoms with E-state index >= 15 is 0 Å². The second-order valence-corrected chi connectivity index (χ2v) is 6.72. The molecule has 0 unspecified atom stereocenters. The Morgan fingerprint density at radius 1 is 1.26 bits per heavy atom. The van der Waals surface area contributed by atoms with Crippen molar-refractivity contribution in [2.24, 2.45) is 14.1 Å². The first-order valence-electron chi connectivity index (χ1n) is 6.41. The molecule has 0 aliphatic rings. The van der Waals surface area contributed by atoms with Crippen LogP contribution in [0.4, 0.5) is 5.69 Å². The van der Waals surface area contributed by atoms with E-state index in [9.17, 15) is 8.42 Å². The van der Waals surface area contributed by atoms with E-state index in [-0.39, 0.29) is 10.2 Å². The number of nitrogens with zero attached hydrogens (tertiary/aromatic N) is 6. The Morgan fingerprint density at radius 3 is 2.65 bits per heavy atom. The molecule has 0 aliphatic heterocycles.